The third kappa shape index (κ3) is 4.12. The normalized spacial score (nSPS) is 19.7. The zero-order valence-electron chi connectivity index (χ0n) is 14.5. The predicted octanol–water partition coefficient (Wildman–Crippen LogP) is 5.38. The predicted molar refractivity (Wildman–Crippen MR) is 102 cm³/mol. The van der Waals surface area contributed by atoms with E-state index in [4.69, 9.17) is 4.74 Å². The fraction of sp³-hybridized carbons (Fsp3) is 0.217. The molecule has 26 heavy (non-hydrogen) atoms. The van der Waals surface area contributed by atoms with Gasteiger partial charge in [-0.3, -0.25) is 5.32 Å². The highest BCUT2D eigenvalue weighted by atomic mass is 19.1. The summed E-state index contributed by atoms with van der Waals surface area (Å²) in [6.45, 7) is 0.564. The van der Waals surface area contributed by atoms with Gasteiger partial charge in [-0.25, -0.2) is 4.39 Å². The van der Waals surface area contributed by atoms with E-state index >= 15 is 0 Å². The van der Waals surface area contributed by atoms with Crippen LogP contribution in [0.4, 0.5) is 4.39 Å². The molecule has 0 saturated heterocycles. The molecule has 1 N–H and O–H groups in total. The molecular weight excluding hydrogens is 325 g/mol. The van der Waals surface area contributed by atoms with E-state index in [1.165, 1.54) is 5.56 Å². The Balaban J connectivity index is 1.29. The molecule has 3 aromatic rings. The molecule has 3 atom stereocenters. The van der Waals surface area contributed by atoms with Gasteiger partial charge in [-0.05, 0) is 29.7 Å². The molecule has 3 heteroatoms. The average molecular weight is 347 g/mol. The lowest BCUT2D eigenvalue weighted by molar-refractivity contribution is 0.276. The number of rotatable bonds is 7. The second-order valence-electron chi connectivity index (χ2n) is 6.73. The molecule has 1 fully saturated rings. The van der Waals surface area contributed by atoms with Crippen molar-refractivity contribution >= 4 is 0 Å². The van der Waals surface area contributed by atoms with Gasteiger partial charge in [0, 0.05) is 17.5 Å². The number of hydrogen-bond donors (Lipinski definition) is 1. The van der Waals surface area contributed by atoms with Gasteiger partial charge in [0.2, 0.25) is 0 Å². The van der Waals surface area contributed by atoms with Crippen molar-refractivity contribution in [2.75, 3.05) is 0 Å². The zero-order chi connectivity index (χ0) is 17.8. The maximum Gasteiger partial charge on any atom is 0.177 e. The lowest BCUT2D eigenvalue weighted by Crippen LogP contribution is -2.21. The number of ether oxygens (including phenoxy) is 1. The van der Waals surface area contributed by atoms with E-state index in [9.17, 15) is 4.39 Å². The van der Waals surface area contributed by atoms with Crippen molar-refractivity contribution in [3.05, 3.63) is 102 Å². The van der Waals surface area contributed by atoms with Crippen LogP contribution in [0.1, 0.15) is 35.3 Å². The number of benzene rings is 3. The van der Waals surface area contributed by atoms with E-state index in [2.05, 4.69) is 29.6 Å². The summed E-state index contributed by atoms with van der Waals surface area (Å²) in [7, 11) is 0. The number of alkyl halides is 1. The largest absolute Gasteiger partial charge is 0.489 e. The van der Waals surface area contributed by atoms with Crippen molar-refractivity contribution in [3.8, 4) is 5.75 Å². The average Bonchev–Trinajstić information content (AvgIpc) is 3.47. The molecule has 0 amide bonds. The van der Waals surface area contributed by atoms with Crippen LogP contribution in [0, 0.1) is 0 Å². The monoisotopic (exact) mass is 347 g/mol. The Morgan fingerprint density at radius 2 is 1.54 bits per heavy atom. The lowest BCUT2D eigenvalue weighted by Gasteiger charge is -2.11. The minimum absolute atomic E-state index is 0.196. The van der Waals surface area contributed by atoms with E-state index in [0.29, 0.717) is 18.1 Å². The van der Waals surface area contributed by atoms with Crippen molar-refractivity contribution in [1.29, 1.82) is 0 Å². The number of nitrogens with one attached hydrogen (secondary N) is 1. The van der Waals surface area contributed by atoms with Gasteiger partial charge < -0.3 is 4.74 Å². The first-order valence-electron chi connectivity index (χ1n) is 9.01. The van der Waals surface area contributed by atoms with Crippen LogP contribution in [0.2, 0.25) is 0 Å². The van der Waals surface area contributed by atoms with Gasteiger partial charge in [0.05, 0.1) is 0 Å². The van der Waals surface area contributed by atoms with Gasteiger partial charge in [-0.2, -0.15) is 0 Å². The summed E-state index contributed by atoms with van der Waals surface area (Å²) in [6, 6.07) is 27.7. The Labute approximate surface area is 153 Å². The fourth-order valence-corrected chi connectivity index (χ4v) is 3.21. The SMILES string of the molecule is FC(N[C@@H]1C[C@H]1c1ccc(OCc2ccccc2)cc1)c1ccccc1. The highest BCUT2D eigenvalue weighted by Crippen LogP contribution is 2.42. The van der Waals surface area contributed by atoms with Crippen LogP contribution in [-0.2, 0) is 6.61 Å². The van der Waals surface area contributed by atoms with Crippen LogP contribution in [0.3, 0.4) is 0 Å². The molecule has 3 aromatic carbocycles. The maximum absolute atomic E-state index is 14.3. The van der Waals surface area contributed by atoms with Gasteiger partial charge in [0.25, 0.3) is 0 Å². The van der Waals surface area contributed by atoms with Crippen molar-refractivity contribution in [3.63, 3.8) is 0 Å². The quantitative estimate of drug-likeness (QED) is 0.579. The molecule has 1 aliphatic carbocycles. The Morgan fingerprint density at radius 1 is 0.885 bits per heavy atom. The summed E-state index contributed by atoms with van der Waals surface area (Å²) in [5.74, 6) is 1.23. The molecule has 4 rings (SSSR count). The van der Waals surface area contributed by atoms with Gasteiger partial charge in [-0.15, -0.1) is 0 Å². The topological polar surface area (TPSA) is 21.3 Å². The van der Waals surface area contributed by atoms with Crippen molar-refractivity contribution in [2.24, 2.45) is 0 Å². The van der Waals surface area contributed by atoms with Gasteiger partial charge >= 0.3 is 0 Å². The van der Waals surface area contributed by atoms with Crippen molar-refractivity contribution in [1.82, 2.24) is 5.32 Å². The minimum Gasteiger partial charge on any atom is -0.489 e. The smallest absolute Gasteiger partial charge is 0.177 e. The lowest BCUT2D eigenvalue weighted by atomic mass is 10.1. The molecule has 0 bridgehead atoms. The Morgan fingerprint density at radius 3 is 2.23 bits per heavy atom. The Bertz CT molecular complexity index is 820. The fourth-order valence-electron chi connectivity index (χ4n) is 3.21. The van der Waals surface area contributed by atoms with Crippen LogP contribution in [0.5, 0.6) is 5.75 Å². The highest BCUT2D eigenvalue weighted by molar-refractivity contribution is 5.34. The molecule has 1 unspecified atom stereocenters. The first-order chi connectivity index (χ1) is 12.8. The molecule has 1 aliphatic rings. The maximum atomic E-state index is 14.3. The number of hydrogen-bond acceptors (Lipinski definition) is 2. The first-order valence-corrected chi connectivity index (χ1v) is 9.01. The van der Waals surface area contributed by atoms with E-state index in [-0.39, 0.29) is 6.04 Å². The van der Waals surface area contributed by atoms with Crippen LogP contribution < -0.4 is 10.1 Å². The van der Waals surface area contributed by atoms with Crippen LogP contribution >= 0.6 is 0 Å². The molecule has 0 heterocycles. The van der Waals surface area contributed by atoms with Crippen LogP contribution in [-0.4, -0.2) is 6.04 Å². The second-order valence-corrected chi connectivity index (χ2v) is 6.73. The second kappa shape index (κ2) is 7.71. The van der Waals surface area contributed by atoms with E-state index in [0.717, 1.165) is 17.7 Å². The van der Waals surface area contributed by atoms with Crippen LogP contribution in [0.25, 0.3) is 0 Å². The standard InChI is InChI=1S/C23H22FNO/c24-23(19-9-5-2-6-10-19)25-22-15-21(22)18-11-13-20(14-12-18)26-16-17-7-3-1-4-8-17/h1-14,21-23,25H,15-16H2/t21-,22+,23?/m0/s1. The molecule has 1 saturated carbocycles. The summed E-state index contributed by atoms with van der Waals surface area (Å²) in [4.78, 5) is 0. The Kier molecular flexibility index (Phi) is 4.98. The van der Waals surface area contributed by atoms with E-state index < -0.39 is 6.30 Å². The molecular formula is C23H22FNO. The molecule has 0 radical (unpaired) electrons. The highest BCUT2D eigenvalue weighted by Gasteiger charge is 2.39. The summed E-state index contributed by atoms with van der Waals surface area (Å²) >= 11 is 0. The van der Waals surface area contributed by atoms with E-state index in [1.807, 2.05) is 60.7 Å². The summed E-state index contributed by atoms with van der Waals surface area (Å²) < 4.78 is 20.1. The molecule has 132 valence electrons. The third-order valence-electron chi connectivity index (χ3n) is 4.80. The van der Waals surface area contributed by atoms with Crippen LogP contribution in [0.15, 0.2) is 84.9 Å². The van der Waals surface area contributed by atoms with Crippen molar-refractivity contribution in [2.45, 2.75) is 31.3 Å². The van der Waals surface area contributed by atoms with E-state index in [1.54, 1.807) is 0 Å². The molecule has 0 aromatic heterocycles. The minimum atomic E-state index is -1.11. The van der Waals surface area contributed by atoms with Gasteiger partial charge in [-0.1, -0.05) is 72.8 Å². The third-order valence-corrected chi connectivity index (χ3v) is 4.80. The summed E-state index contributed by atoms with van der Waals surface area (Å²) in [5.41, 5.74) is 3.07. The zero-order valence-corrected chi connectivity index (χ0v) is 14.5. The first kappa shape index (κ1) is 16.8. The molecule has 0 spiro atoms. The van der Waals surface area contributed by atoms with Gasteiger partial charge in [0.15, 0.2) is 6.30 Å². The van der Waals surface area contributed by atoms with Gasteiger partial charge in [0.1, 0.15) is 12.4 Å². The summed E-state index contributed by atoms with van der Waals surface area (Å²) in [6.07, 6.45) is -0.142. The Hall–Kier alpha value is -2.65. The van der Waals surface area contributed by atoms with Crippen molar-refractivity contribution < 1.29 is 9.13 Å². The molecule has 2 nitrogen and oxygen atoms in total. The number of halogens is 1. The molecule has 0 aliphatic heterocycles. The summed E-state index contributed by atoms with van der Waals surface area (Å²) in [5, 5.41) is 3.08.